The normalized spacial score (nSPS) is 23.8. The second-order valence-electron chi connectivity index (χ2n) is 7.50. The molecule has 2 aliphatic heterocycles. The maximum absolute atomic E-state index is 13.2. The number of piperazine rings is 1. The second kappa shape index (κ2) is 7.79. The van der Waals surface area contributed by atoms with Gasteiger partial charge < -0.3 is 14.9 Å². The Bertz CT molecular complexity index is 940. The summed E-state index contributed by atoms with van der Waals surface area (Å²) in [4.78, 5) is 28.7. The van der Waals surface area contributed by atoms with Crippen LogP contribution < -0.4 is 0 Å². The summed E-state index contributed by atoms with van der Waals surface area (Å²) in [5.74, 6) is -0.897. The van der Waals surface area contributed by atoms with Crippen molar-refractivity contribution >= 4 is 17.9 Å². The van der Waals surface area contributed by atoms with E-state index in [2.05, 4.69) is 0 Å². The van der Waals surface area contributed by atoms with Crippen LogP contribution in [0, 0.1) is 5.82 Å². The highest BCUT2D eigenvalue weighted by Crippen LogP contribution is 2.43. The average molecular weight is 394 g/mol. The van der Waals surface area contributed by atoms with E-state index in [9.17, 15) is 19.1 Å². The SMILES string of the molecule is C/C=C/c1ccc([C@H]2[C@@H](CO)N3C(=O)CN(C(=O)c4ccc(F)cc4)C[C@@H]23)cc1. The molecular weight excluding hydrogens is 371 g/mol. The van der Waals surface area contributed by atoms with Crippen molar-refractivity contribution in [3.63, 3.8) is 0 Å². The standard InChI is InChI=1S/C23H23FN2O3/c1-2-3-15-4-6-16(7-5-15)22-19-12-25(13-21(28)26(19)20(22)14-27)23(29)17-8-10-18(24)11-9-17/h2-11,19-20,22,27H,12-14H2,1H3/b3-2+/t19-,20+,22+/m0/s1. The predicted octanol–water partition coefficient (Wildman–Crippen LogP) is 2.67. The van der Waals surface area contributed by atoms with Crippen LogP contribution in [0.4, 0.5) is 4.39 Å². The molecule has 3 atom stereocenters. The van der Waals surface area contributed by atoms with E-state index in [0.717, 1.165) is 11.1 Å². The lowest BCUT2D eigenvalue weighted by Gasteiger charge is -2.58. The zero-order valence-corrected chi connectivity index (χ0v) is 16.2. The first kappa shape index (κ1) is 19.3. The van der Waals surface area contributed by atoms with Crippen LogP contribution in [0.3, 0.4) is 0 Å². The fraction of sp³-hybridized carbons (Fsp3) is 0.304. The molecule has 0 bridgehead atoms. The third-order valence-corrected chi connectivity index (χ3v) is 5.81. The molecule has 2 aromatic rings. The van der Waals surface area contributed by atoms with Gasteiger partial charge in [-0.3, -0.25) is 9.59 Å². The molecule has 2 aromatic carbocycles. The molecular formula is C23H23FN2O3. The first-order chi connectivity index (χ1) is 14.0. The van der Waals surface area contributed by atoms with Crippen LogP contribution in [-0.2, 0) is 4.79 Å². The van der Waals surface area contributed by atoms with Crippen molar-refractivity contribution in [1.29, 1.82) is 0 Å². The molecule has 29 heavy (non-hydrogen) atoms. The number of allylic oxidation sites excluding steroid dienone is 1. The number of carbonyl (C=O) groups excluding carboxylic acids is 2. The summed E-state index contributed by atoms with van der Waals surface area (Å²) in [6.07, 6.45) is 3.98. The molecule has 2 saturated heterocycles. The number of rotatable bonds is 4. The Kier molecular flexibility index (Phi) is 5.20. The molecule has 0 radical (unpaired) electrons. The Morgan fingerprint density at radius 2 is 1.86 bits per heavy atom. The topological polar surface area (TPSA) is 60.9 Å². The molecule has 6 heteroatoms. The van der Waals surface area contributed by atoms with E-state index in [1.165, 1.54) is 29.2 Å². The van der Waals surface area contributed by atoms with E-state index in [4.69, 9.17) is 0 Å². The van der Waals surface area contributed by atoms with E-state index in [1.807, 2.05) is 43.3 Å². The van der Waals surface area contributed by atoms with Crippen LogP contribution in [0.2, 0.25) is 0 Å². The average Bonchev–Trinajstić information content (AvgIpc) is 2.71. The van der Waals surface area contributed by atoms with Gasteiger partial charge in [-0.15, -0.1) is 0 Å². The molecule has 1 N–H and O–H groups in total. The molecule has 2 heterocycles. The minimum Gasteiger partial charge on any atom is -0.394 e. The van der Waals surface area contributed by atoms with Gasteiger partial charge >= 0.3 is 0 Å². The van der Waals surface area contributed by atoms with Gasteiger partial charge in [0.1, 0.15) is 12.4 Å². The quantitative estimate of drug-likeness (QED) is 0.867. The number of nitrogens with zero attached hydrogens (tertiary/aromatic N) is 2. The van der Waals surface area contributed by atoms with Gasteiger partial charge in [-0.2, -0.15) is 0 Å². The number of benzene rings is 2. The van der Waals surface area contributed by atoms with Crippen molar-refractivity contribution in [2.24, 2.45) is 0 Å². The molecule has 150 valence electrons. The van der Waals surface area contributed by atoms with E-state index in [1.54, 1.807) is 4.90 Å². The van der Waals surface area contributed by atoms with Gasteiger partial charge in [0.25, 0.3) is 5.91 Å². The minimum atomic E-state index is -0.409. The van der Waals surface area contributed by atoms with E-state index >= 15 is 0 Å². The highest BCUT2D eigenvalue weighted by molar-refractivity contribution is 5.97. The summed E-state index contributed by atoms with van der Waals surface area (Å²) in [7, 11) is 0. The molecule has 2 amide bonds. The van der Waals surface area contributed by atoms with Crippen molar-refractivity contribution in [3.8, 4) is 0 Å². The van der Waals surface area contributed by atoms with E-state index in [0.29, 0.717) is 12.1 Å². The van der Waals surface area contributed by atoms with Gasteiger partial charge in [-0.1, -0.05) is 36.4 Å². The Labute approximate surface area is 169 Å². The lowest BCUT2D eigenvalue weighted by molar-refractivity contribution is -0.159. The molecule has 0 spiro atoms. The molecule has 0 aromatic heterocycles. The first-order valence-corrected chi connectivity index (χ1v) is 9.73. The number of halogens is 1. The van der Waals surface area contributed by atoms with E-state index < -0.39 is 5.82 Å². The number of hydrogen-bond acceptors (Lipinski definition) is 3. The Hall–Kier alpha value is -2.99. The van der Waals surface area contributed by atoms with Crippen LogP contribution in [0.25, 0.3) is 6.08 Å². The number of carbonyl (C=O) groups is 2. The monoisotopic (exact) mass is 394 g/mol. The van der Waals surface area contributed by atoms with Gasteiger partial charge in [0.2, 0.25) is 5.91 Å². The van der Waals surface area contributed by atoms with Crippen LogP contribution in [0.5, 0.6) is 0 Å². The number of hydrogen-bond donors (Lipinski definition) is 1. The summed E-state index contributed by atoms with van der Waals surface area (Å²) in [5.41, 5.74) is 2.49. The summed E-state index contributed by atoms with van der Waals surface area (Å²) >= 11 is 0. The smallest absolute Gasteiger partial charge is 0.254 e. The Morgan fingerprint density at radius 3 is 2.48 bits per heavy atom. The van der Waals surface area contributed by atoms with E-state index in [-0.39, 0.29) is 43.0 Å². The Balaban J connectivity index is 1.57. The fourth-order valence-corrected chi connectivity index (χ4v) is 4.45. The second-order valence-corrected chi connectivity index (χ2v) is 7.50. The van der Waals surface area contributed by atoms with Gasteiger partial charge in [0.15, 0.2) is 0 Å². The summed E-state index contributed by atoms with van der Waals surface area (Å²) in [5, 5.41) is 9.87. The first-order valence-electron chi connectivity index (χ1n) is 9.73. The molecule has 4 rings (SSSR count). The lowest BCUT2D eigenvalue weighted by atomic mass is 9.73. The van der Waals surface area contributed by atoms with Crippen molar-refractivity contribution in [2.45, 2.75) is 24.9 Å². The summed E-state index contributed by atoms with van der Waals surface area (Å²) in [6.45, 7) is 2.20. The maximum atomic E-state index is 13.2. The maximum Gasteiger partial charge on any atom is 0.254 e. The van der Waals surface area contributed by atoms with Crippen LogP contribution >= 0.6 is 0 Å². The van der Waals surface area contributed by atoms with Gasteiger partial charge in [-0.25, -0.2) is 4.39 Å². The number of aliphatic hydroxyl groups is 1. The predicted molar refractivity (Wildman–Crippen MR) is 108 cm³/mol. The van der Waals surface area contributed by atoms with Crippen molar-refractivity contribution in [3.05, 3.63) is 77.1 Å². The van der Waals surface area contributed by atoms with Gasteiger partial charge in [0.05, 0.1) is 18.7 Å². The molecule has 0 aliphatic carbocycles. The molecule has 2 aliphatic rings. The summed E-state index contributed by atoms with van der Waals surface area (Å²) in [6, 6.07) is 13.0. The van der Waals surface area contributed by atoms with Crippen LogP contribution in [0.1, 0.15) is 34.3 Å². The molecule has 2 fully saturated rings. The van der Waals surface area contributed by atoms with Crippen molar-refractivity contribution in [2.75, 3.05) is 19.7 Å². The van der Waals surface area contributed by atoms with Gasteiger partial charge in [-0.05, 0) is 42.3 Å². The lowest BCUT2D eigenvalue weighted by Crippen LogP contribution is -2.73. The fourth-order valence-electron chi connectivity index (χ4n) is 4.45. The molecule has 0 saturated carbocycles. The summed E-state index contributed by atoms with van der Waals surface area (Å²) < 4.78 is 13.2. The van der Waals surface area contributed by atoms with Crippen molar-refractivity contribution in [1.82, 2.24) is 9.80 Å². The largest absolute Gasteiger partial charge is 0.394 e. The van der Waals surface area contributed by atoms with Gasteiger partial charge in [0, 0.05) is 18.0 Å². The Morgan fingerprint density at radius 1 is 1.17 bits per heavy atom. The number of fused-ring (bicyclic) bond motifs is 1. The zero-order valence-electron chi connectivity index (χ0n) is 16.2. The highest BCUT2D eigenvalue weighted by Gasteiger charge is 2.54. The van der Waals surface area contributed by atoms with Crippen LogP contribution in [-0.4, -0.2) is 58.5 Å². The number of aliphatic hydroxyl groups excluding tert-OH is 1. The zero-order chi connectivity index (χ0) is 20.5. The van der Waals surface area contributed by atoms with Crippen LogP contribution in [0.15, 0.2) is 54.6 Å². The molecule has 0 unspecified atom stereocenters. The molecule has 5 nitrogen and oxygen atoms in total. The minimum absolute atomic E-state index is 0.0316. The third kappa shape index (κ3) is 3.44. The number of amides is 2. The van der Waals surface area contributed by atoms with Crippen molar-refractivity contribution < 1.29 is 19.1 Å². The highest BCUT2D eigenvalue weighted by atomic mass is 19.1. The third-order valence-electron chi connectivity index (χ3n) is 5.81.